The molecule has 0 aromatic carbocycles. The number of sulfonamides is 1. The van der Waals surface area contributed by atoms with Crippen LogP contribution in [0.5, 0.6) is 5.88 Å². The van der Waals surface area contributed by atoms with Gasteiger partial charge >= 0.3 is 0 Å². The lowest BCUT2D eigenvalue weighted by Crippen LogP contribution is -2.40. The van der Waals surface area contributed by atoms with Crippen LogP contribution in [0.2, 0.25) is 0 Å². The van der Waals surface area contributed by atoms with E-state index in [4.69, 9.17) is 9.15 Å². The van der Waals surface area contributed by atoms with E-state index < -0.39 is 10.0 Å². The second kappa shape index (κ2) is 6.03. The van der Waals surface area contributed by atoms with Gasteiger partial charge in [0.1, 0.15) is 5.76 Å². The van der Waals surface area contributed by atoms with E-state index in [2.05, 4.69) is 9.36 Å². The Morgan fingerprint density at radius 1 is 1.46 bits per heavy atom. The van der Waals surface area contributed by atoms with Gasteiger partial charge in [-0.3, -0.25) is 4.79 Å². The van der Waals surface area contributed by atoms with Gasteiger partial charge in [0.25, 0.3) is 5.91 Å². The highest BCUT2D eigenvalue weighted by molar-refractivity contribution is 7.89. The maximum atomic E-state index is 13.0. The smallest absolute Gasteiger partial charge is 0.275 e. The number of amides is 1. The van der Waals surface area contributed by atoms with Crippen LogP contribution in [-0.2, 0) is 10.0 Å². The van der Waals surface area contributed by atoms with Gasteiger partial charge in [0, 0.05) is 38.0 Å². The summed E-state index contributed by atoms with van der Waals surface area (Å²) < 4.78 is 42.1. The first-order valence-corrected chi connectivity index (χ1v) is 10.3. The molecule has 1 amide bonds. The van der Waals surface area contributed by atoms with Gasteiger partial charge in [0.05, 0.1) is 7.11 Å². The maximum absolute atomic E-state index is 13.0. The van der Waals surface area contributed by atoms with Crippen molar-refractivity contribution in [2.24, 2.45) is 5.92 Å². The van der Waals surface area contributed by atoms with Gasteiger partial charge in [-0.2, -0.15) is 8.68 Å². The number of fused-ring (bicyclic) bond motifs is 1. The molecule has 140 valence electrons. The van der Waals surface area contributed by atoms with Gasteiger partial charge in [0.15, 0.2) is 17.0 Å². The molecule has 2 saturated heterocycles. The minimum absolute atomic E-state index is 0.0819. The number of oxazole rings is 1. The van der Waals surface area contributed by atoms with Crippen molar-refractivity contribution in [3.05, 3.63) is 23.2 Å². The highest BCUT2D eigenvalue weighted by atomic mass is 32.2. The molecule has 3 fully saturated rings. The van der Waals surface area contributed by atoms with E-state index in [1.165, 1.54) is 28.1 Å². The topological polar surface area (TPSA) is 106 Å². The summed E-state index contributed by atoms with van der Waals surface area (Å²) >= 11 is 1.04. The molecule has 0 N–H and O–H groups in total. The Kier molecular flexibility index (Phi) is 4.04. The zero-order valence-corrected chi connectivity index (χ0v) is 16.1. The first kappa shape index (κ1) is 17.4. The molecule has 0 spiro atoms. The van der Waals surface area contributed by atoms with Gasteiger partial charge in [-0.15, -0.1) is 0 Å². The minimum Gasteiger partial charge on any atom is -0.479 e. The van der Waals surface area contributed by atoms with E-state index in [0.717, 1.165) is 18.0 Å². The van der Waals surface area contributed by atoms with Gasteiger partial charge in [-0.25, -0.2) is 13.4 Å². The van der Waals surface area contributed by atoms with Crippen molar-refractivity contribution in [1.29, 1.82) is 0 Å². The maximum Gasteiger partial charge on any atom is 0.275 e. The molecule has 2 aromatic rings. The highest BCUT2D eigenvalue weighted by Crippen LogP contribution is 2.55. The van der Waals surface area contributed by atoms with Crippen molar-refractivity contribution in [2.45, 2.75) is 23.3 Å². The number of rotatable bonds is 5. The number of nitrogens with zero attached hydrogens (tertiary/aromatic N) is 4. The van der Waals surface area contributed by atoms with E-state index in [9.17, 15) is 13.2 Å². The predicted molar refractivity (Wildman–Crippen MR) is 91.7 cm³/mol. The number of hydrogen-bond donors (Lipinski definition) is 0. The zero-order valence-electron chi connectivity index (χ0n) is 14.4. The fourth-order valence-corrected chi connectivity index (χ4v) is 6.51. The van der Waals surface area contributed by atoms with Gasteiger partial charge in [-0.1, -0.05) is 0 Å². The fourth-order valence-electron chi connectivity index (χ4n) is 3.76. The fraction of sp³-hybridized carbons (Fsp3) is 0.533. The molecule has 11 heteroatoms. The van der Waals surface area contributed by atoms with Crippen LogP contribution >= 0.6 is 11.5 Å². The van der Waals surface area contributed by atoms with E-state index in [0.29, 0.717) is 12.3 Å². The van der Waals surface area contributed by atoms with Gasteiger partial charge < -0.3 is 14.1 Å². The van der Waals surface area contributed by atoms with Crippen molar-refractivity contribution in [3.63, 3.8) is 0 Å². The average molecular weight is 398 g/mol. The first-order chi connectivity index (χ1) is 12.4. The molecule has 26 heavy (non-hydrogen) atoms. The lowest BCUT2D eigenvalue weighted by Gasteiger charge is -2.35. The Morgan fingerprint density at radius 3 is 2.92 bits per heavy atom. The number of hydrogen-bond acceptors (Lipinski definition) is 8. The molecule has 3 aliphatic rings. The van der Waals surface area contributed by atoms with Gasteiger partial charge in [-0.05, 0) is 23.9 Å². The average Bonchev–Trinajstić information content (AvgIpc) is 3.34. The third kappa shape index (κ3) is 2.37. The van der Waals surface area contributed by atoms with Gasteiger partial charge in [0.2, 0.25) is 15.9 Å². The molecule has 0 radical (unpaired) electrons. The highest BCUT2D eigenvalue weighted by Gasteiger charge is 2.59. The lowest BCUT2D eigenvalue weighted by atomic mass is 9.72. The largest absolute Gasteiger partial charge is 0.479 e. The summed E-state index contributed by atoms with van der Waals surface area (Å²) in [5.41, 5.74) is 0.253. The van der Waals surface area contributed by atoms with E-state index in [1.807, 2.05) is 0 Å². The molecule has 2 aliphatic heterocycles. The van der Waals surface area contributed by atoms with E-state index >= 15 is 0 Å². The molecule has 2 aromatic heterocycles. The predicted octanol–water partition coefficient (Wildman–Crippen LogP) is 1.02. The van der Waals surface area contributed by atoms with Crippen LogP contribution in [0.15, 0.2) is 21.1 Å². The van der Waals surface area contributed by atoms with Crippen molar-refractivity contribution in [2.75, 3.05) is 27.7 Å². The van der Waals surface area contributed by atoms with Crippen LogP contribution in [0.25, 0.3) is 0 Å². The summed E-state index contributed by atoms with van der Waals surface area (Å²) in [7, 11) is 0.960. The first-order valence-electron chi connectivity index (χ1n) is 8.01. The Labute approximate surface area is 154 Å². The SMILES string of the molecule is COc1nscc1S(=O)(=O)N1CC2CC1C2c1ocnc1C(=O)N(C)C. The normalized spacial score (nSPS) is 25.1. The second-order valence-corrected chi connectivity index (χ2v) is 9.10. The van der Waals surface area contributed by atoms with Crippen LogP contribution in [0.1, 0.15) is 28.6 Å². The summed E-state index contributed by atoms with van der Waals surface area (Å²) in [6, 6.07) is -0.253. The molecule has 3 atom stereocenters. The number of aromatic nitrogens is 2. The van der Waals surface area contributed by atoms with Crippen LogP contribution < -0.4 is 4.74 Å². The lowest BCUT2D eigenvalue weighted by molar-refractivity contribution is 0.0817. The van der Waals surface area contributed by atoms with Crippen LogP contribution in [0, 0.1) is 5.92 Å². The zero-order chi connectivity index (χ0) is 18.6. The Hall–Kier alpha value is -1.98. The van der Waals surface area contributed by atoms with Crippen LogP contribution in [0.3, 0.4) is 0 Å². The molecule has 1 aliphatic carbocycles. The summed E-state index contributed by atoms with van der Waals surface area (Å²) in [4.78, 5) is 17.9. The molecular weight excluding hydrogens is 380 g/mol. The molecule has 1 saturated carbocycles. The Morgan fingerprint density at radius 2 is 2.23 bits per heavy atom. The molecule has 2 bridgehead atoms. The van der Waals surface area contributed by atoms with Crippen molar-refractivity contribution < 1.29 is 22.4 Å². The second-order valence-electron chi connectivity index (χ2n) is 6.62. The number of carbonyl (C=O) groups is 1. The standard InChI is InChI=1S/C15H18N4O5S2/c1-18(2)15(20)12-13(24-7-16-12)11-8-4-9(11)19(5-8)26(21,22)10-6-25-17-14(10)23-3/h6-9,11H,4-5H2,1-3H3. The number of ether oxygens (including phenoxy) is 1. The quantitative estimate of drug-likeness (QED) is 0.740. The summed E-state index contributed by atoms with van der Waals surface area (Å²) in [6.07, 6.45) is 1.98. The Balaban J connectivity index is 1.65. The van der Waals surface area contributed by atoms with Crippen molar-refractivity contribution in [1.82, 2.24) is 18.6 Å². The molecular formula is C15H18N4O5S2. The number of carbonyl (C=O) groups excluding carboxylic acids is 1. The minimum atomic E-state index is -3.72. The monoisotopic (exact) mass is 398 g/mol. The molecule has 5 rings (SSSR count). The molecule has 9 nitrogen and oxygen atoms in total. The third-order valence-electron chi connectivity index (χ3n) is 5.04. The third-order valence-corrected chi connectivity index (χ3v) is 7.69. The Bertz CT molecular complexity index is 951. The van der Waals surface area contributed by atoms with E-state index in [1.54, 1.807) is 14.1 Å². The summed E-state index contributed by atoms with van der Waals surface area (Å²) in [6.45, 7) is 0.382. The van der Waals surface area contributed by atoms with Crippen LogP contribution in [-0.4, -0.2) is 66.7 Å². The molecule has 4 heterocycles. The van der Waals surface area contributed by atoms with Crippen LogP contribution in [0.4, 0.5) is 0 Å². The van der Waals surface area contributed by atoms with E-state index in [-0.39, 0.29) is 40.3 Å². The summed E-state index contributed by atoms with van der Waals surface area (Å²) in [5, 5.41) is 1.48. The number of methoxy groups -OCH3 is 1. The summed E-state index contributed by atoms with van der Waals surface area (Å²) in [5.74, 6) is 0.271. The van der Waals surface area contributed by atoms with Crippen molar-refractivity contribution in [3.8, 4) is 5.88 Å². The van der Waals surface area contributed by atoms with Crippen molar-refractivity contribution >= 4 is 27.5 Å². The molecule has 3 unspecified atom stereocenters.